The largest absolute Gasteiger partial charge is 0.295 e. The summed E-state index contributed by atoms with van der Waals surface area (Å²) < 4.78 is 0. The molecule has 0 saturated carbocycles. The molecule has 2 heteroatoms. The molecule has 0 unspecified atom stereocenters. The van der Waals surface area contributed by atoms with Gasteiger partial charge >= 0.3 is 0 Å². The molecule has 84 valence electrons. The van der Waals surface area contributed by atoms with Gasteiger partial charge in [-0.15, -0.1) is 0 Å². The van der Waals surface area contributed by atoms with Gasteiger partial charge in [-0.3, -0.25) is 4.79 Å². The number of Topliss-reactive ketones (excluding diaryl/α,β-unsaturated/α-hetero) is 1. The molecule has 0 aliphatic carbocycles. The van der Waals surface area contributed by atoms with Gasteiger partial charge < -0.3 is 0 Å². The molecule has 0 atom stereocenters. The van der Waals surface area contributed by atoms with Gasteiger partial charge in [-0.05, 0) is 39.8 Å². The number of carbonyl (C=O) groups is 1. The van der Waals surface area contributed by atoms with Crippen LogP contribution in [0, 0.1) is 17.3 Å². The molecule has 0 radical (unpaired) electrons. The molecule has 0 aliphatic heterocycles. The van der Waals surface area contributed by atoms with Gasteiger partial charge in [-0.2, -0.15) is 0 Å². The molecule has 1 aromatic rings. The van der Waals surface area contributed by atoms with Crippen LogP contribution in [0.25, 0.3) is 0 Å². The maximum Gasteiger partial charge on any atom is 0.159 e. The van der Waals surface area contributed by atoms with Crippen LogP contribution in [-0.4, -0.2) is 5.78 Å². The monoisotopic (exact) mass is 234 g/mol. The summed E-state index contributed by atoms with van der Waals surface area (Å²) in [6, 6.07) is 5.20. The standard InChI is InChI=1S/C14H15ClO/c1-10(16)12-6-5-11(13(15)9-12)7-8-14(2,3)4/h5-6,9H,1-4H3. The van der Waals surface area contributed by atoms with Gasteiger partial charge in [-0.25, -0.2) is 0 Å². The molecule has 0 aromatic heterocycles. The Morgan fingerprint density at radius 3 is 2.38 bits per heavy atom. The lowest BCUT2D eigenvalue weighted by molar-refractivity contribution is 0.101. The van der Waals surface area contributed by atoms with Crippen molar-refractivity contribution in [2.75, 3.05) is 0 Å². The summed E-state index contributed by atoms with van der Waals surface area (Å²) in [4.78, 5) is 11.1. The summed E-state index contributed by atoms with van der Waals surface area (Å²) in [5.74, 6) is 6.15. The van der Waals surface area contributed by atoms with Crippen molar-refractivity contribution in [1.29, 1.82) is 0 Å². The Bertz CT molecular complexity index is 470. The van der Waals surface area contributed by atoms with Crippen LogP contribution in [0.3, 0.4) is 0 Å². The third kappa shape index (κ3) is 3.72. The SMILES string of the molecule is CC(=O)c1ccc(C#CC(C)(C)C)c(Cl)c1. The highest BCUT2D eigenvalue weighted by atomic mass is 35.5. The maximum absolute atomic E-state index is 11.1. The summed E-state index contributed by atoms with van der Waals surface area (Å²) in [6.45, 7) is 7.64. The molecule has 0 heterocycles. The van der Waals surface area contributed by atoms with E-state index in [0.29, 0.717) is 10.6 Å². The summed E-state index contributed by atoms with van der Waals surface area (Å²) in [5, 5.41) is 0.532. The van der Waals surface area contributed by atoms with Crippen molar-refractivity contribution in [3.05, 3.63) is 34.3 Å². The Morgan fingerprint density at radius 1 is 1.31 bits per heavy atom. The molecule has 1 nitrogen and oxygen atoms in total. The predicted molar refractivity (Wildman–Crippen MR) is 67.8 cm³/mol. The average Bonchev–Trinajstić information content (AvgIpc) is 2.14. The van der Waals surface area contributed by atoms with Crippen LogP contribution in [0.5, 0.6) is 0 Å². The highest BCUT2D eigenvalue weighted by molar-refractivity contribution is 6.32. The lowest BCUT2D eigenvalue weighted by atomic mass is 9.97. The van der Waals surface area contributed by atoms with Crippen LogP contribution >= 0.6 is 11.6 Å². The highest BCUT2D eigenvalue weighted by Gasteiger charge is 2.06. The van der Waals surface area contributed by atoms with Crippen molar-refractivity contribution in [3.8, 4) is 11.8 Å². The quantitative estimate of drug-likeness (QED) is 0.531. The Balaban J connectivity index is 3.08. The van der Waals surface area contributed by atoms with Crippen molar-refractivity contribution >= 4 is 17.4 Å². The molecule has 1 rings (SSSR count). The summed E-state index contributed by atoms with van der Waals surface area (Å²) >= 11 is 6.05. The number of halogens is 1. The summed E-state index contributed by atoms with van der Waals surface area (Å²) in [7, 11) is 0. The van der Waals surface area contributed by atoms with E-state index in [-0.39, 0.29) is 11.2 Å². The second-order valence-corrected chi connectivity index (χ2v) is 5.16. The van der Waals surface area contributed by atoms with E-state index < -0.39 is 0 Å². The minimum absolute atomic E-state index is 0.0113. The molecular formula is C14H15ClO. The first-order chi connectivity index (χ1) is 7.29. The Labute approximate surface area is 102 Å². The number of rotatable bonds is 1. The van der Waals surface area contributed by atoms with Gasteiger partial charge in [0.25, 0.3) is 0 Å². The van der Waals surface area contributed by atoms with E-state index in [4.69, 9.17) is 11.6 Å². The van der Waals surface area contributed by atoms with Crippen molar-refractivity contribution in [1.82, 2.24) is 0 Å². The first kappa shape index (κ1) is 12.8. The lowest BCUT2D eigenvalue weighted by Crippen LogP contribution is -1.99. The molecule has 0 bridgehead atoms. The van der Waals surface area contributed by atoms with E-state index in [2.05, 4.69) is 11.8 Å². The fourth-order valence-corrected chi connectivity index (χ4v) is 1.32. The molecule has 0 aliphatic rings. The third-order valence-electron chi connectivity index (χ3n) is 1.95. The molecule has 1 aromatic carbocycles. The van der Waals surface area contributed by atoms with Crippen LogP contribution in [0.15, 0.2) is 18.2 Å². The van der Waals surface area contributed by atoms with Crippen LogP contribution in [0.1, 0.15) is 43.6 Å². The molecule has 0 spiro atoms. The van der Waals surface area contributed by atoms with Crippen molar-refractivity contribution in [2.45, 2.75) is 27.7 Å². The minimum atomic E-state index is -0.0530. The van der Waals surface area contributed by atoms with Gasteiger partial charge in [0.2, 0.25) is 0 Å². The summed E-state index contributed by atoms with van der Waals surface area (Å²) in [6.07, 6.45) is 0. The van der Waals surface area contributed by atoms with Crippen LogP contribution < -0.4 is 0 Å². The number of hydrogen-bond donors (Lipinski definition) is 0. The average molecular weight is 235 g/mol. The van der Waals surface area contributed by atoms with Crippen molar-refractivity contribution in [2.24, 2.45) is 5.41 Å². The first-order valence-corrected chi connectivity index (χ1v) is 5.51. The van der Waals surface area contributed by atoms with E-state index in [9.17, 15) is 4.79 Å². The number of hydrogen-bond acceptors (Lipinski definition) is 1. The fourth-order valence-electron chi connectivity index (χ4n) is 1.09. The lowest BCUT2D eigenvalue weighted by Gasteiger charge is -2.07. The number of benzene rings is 1. The van der Waals surface area contributed by atoms with Crippen molar-refractivity contribution in [3.63, 3.8) is 0 Å². The number of ketones is 1. The van der Waals surface area contributed by atoms with Crippen LogP contribution in [0.2, 0.25) is 5.02 Å². The van der Waals surface area contributed by atoms with E-state index in [0.717, 1.165) is 5.56 Å². The highest BCUT2D eigenvalue weighted by Crippen LogP contribution is 2.18. The summed E-state index contributed by atoms with van der Waals surface area (Å²) in [5.41, 5.74) is 1.33. The molecule has 0 N–H and O–H groups in total. The van der Waals surface area contributed by atoms with E-state index in [1.165, 1.54) is 6.92 Å². The van der Waals surface area contributed by atoms with Gasteiger partial charge in [0.15, 0.2) is 5.78 Å². The topological polar surface area (TPSA) is 17.1 Å². The molecule has 0 amide bonds. The normalized spacial score (nSPS) is 10.6. The zero-order chi connectivity index (χ0) is 12.3. The molecule has 0 saturated heterocycles. The second kappa shape index (κ2) is 4.72. The van der Waals surface area contributed by atoms with E-state index in [1.54, 1.807) is 18.2 Å². The zero-order valence-electron chi connectivity index (χ0n) is 10.0. The fraction of sp³-hybridized carbons (Fsp3) is 0.357. The minimum Gasteiger partial charge on any atom is -0.295 e. The van der Waals surface area contributed by atoms with Crippen LogP contribution in [0.4, 0.5) is 0 Å². The zero-order valence-corrected chi connectivity index (χ0v) is 10.8. The van der Waals surface area contributed by atoms with Gasteiger partial charge in [0, 0.05) is 16.5 Å². The van der Waals surface area contributed by atoms with Gasteiger partial charge in [0.05, 0.1) is 5.02 Å². The Morgan fingerprint density at radius 2 is 1.94 bits per heavy atom. The molecular weight excluding hydrogens is 220 g/mol. The van der Waals surface area contributed by atoms with Crippen LogP contribution in [-0.2, 0) is 0 Å². The first-order valence-electron chi connectivity index (χ1n) is 5.13. The van der Waals surface area contributed by atoms with E-state index in [1.807, 2.05) is 20.8 Å². The Hall–Kier alpha value is -1.26. The molecule has 0 fully saturated rings. The number of carbonyl (C=O) groups excluding carboxylic acids is 1. The maximum atomic E-state index is 11.1. The van der Waals surface area contributed by atoms with Gasteiger partial charge in [-0.1, -0.05) is 29.5 Å². The van der Waals surface area contributed by atoms with Crippen molar-refractivity contribution < 1.29 is 4.79 Å². The van der Waals surface area contributed by atoms with Gasteiger partial charge in [0.1, 0.15) is 0 Å². The second-order valence-electron chi connectivity index (χ2n) is 4.75. The molecule has 16 heavy (non-hydrogen) atoms. The third-order valence-corrected chi connectivity index (χ3v) is 2.26. The predicted octanol–water partition coefficient (Wildman–Crippen LogP) is 3.94. The smallest absolute Gasteiger partial charge is 0.159 e. The van der Waals surface area contributed by atoms with E-state index >= 15 is 0 Å². The Kier molecular flexibility index (Phi) is 3.78.